The number of methoxy groups -OCH3 is 1. The number of nitro groups is 1. The van der Waals surface area contributed by atoms with Crippen molar-refractivity contribution < 1.29 is 9.66 Å². The lowest BCUT2D eigenvalue weighted by Crippen LogP contribution is -2.38. The Morgan fingerprint density at radius 2 is 1.81 bits per heavy atom. The molecule has 0 saturated carbocycles. The molecule has 1 N–H and O–H groups in total. The van der Waals surface area contributed by atoms with Gasteiger partial charge in [-0.3, -0.25) is 10.1 Å². The van der Waals surface area contributed by atoms with Crippen molar-refractivity contribution in [1.82, 2.24) is 10.2 Å². The molecule has 146 valence electrons. The van der Waals surface area contributed by atoms with Crippen LogP contribution in [0.2, 0.25) is 0 Å². The number of aliphatic imine (C=N–C) groups is 1. The first-order chi connectivity index (χ1) is 12.6. The Balaban J connectivity index is 0.00000364. The van der Waals surface area contributed by atoms with E-state index in [4.69, 9.17) is 4.74 Å². The molecule has 7 nitrogen and oxygen atoms in total. The second-order valence-electron chi connectivity index (χ2n) is 5.72. The third-order valence-corrected chi connectivity index (χ3v) is 3.88. The Hall–Kier alpha value is -2.36. The first-order valence-electron chi connectivity index (χ1n) is 8.40. The van der Waals surface area contributed by atoms with Gasteiger partial charge in [0.25, 0.3) is 5.69 Å². The molecule has 0 aliphatic rings. The third kappa shape index (κ3) is 6.38. The molecule has 0 heterocycles. The number of ether oxygens (including phenoxy) is 1. The summed E-state index contributed by atoms with van der Waals surface area (Å²) < 4.78 is 5.40. The minimum Gasteiger partial charge on any atom is -0.496 e. The van der Waals surface area contributed by atoms with Crippen LogP contribution in [0.25, 0.3) is 0 Å². The predicted molar refractivity (Wildman–Crippen MR) is 118 cm³/mol. The summed E-state index contributed by atoms with van der Waals surface area (Å²) in [5.74, 6) is 1.49. The Labute approximate surface area is 176 Å². The molecular weight excluding hydrogens is 459 g/mol. The van der Waals surface area contributed by atoms with Crippen LogP contribution in [0.5, 0.6) is 5.75 Å². The lowest BCUT2D eigenvalue weighted by molar-refractivity contribution is -0.385. The molecule has 0 unspecified atom stereocenters. The van der Waals surface area contributed by atoms with Gasteiger partial charge in [-0.25, -0.2) is 4.99 Å². The van der Waals surface area contributed by atoms with Gasteiger partial charge >= 0.3 is 0 Å². The fraction of sp³-hybridized carbons (Fsp3) is 0.316. The van der Waals surface area contributed by atoms with E-state index in [9.17, 15) is 10.1 Å². The van der Waals surface area contributed by atoms with Crippen LogP contribution in [0.15, 0.2) is 53.5 Å². The van der Waals surface area contributed by atoms with Gasteiger partial charge in [-0.15, -0.1) is 24.0 Å². The summed E-state index contributed by atoms with van der Waals surface area (Å²) >= 11 is 0. The number of hydrogen-bond acceptors (Lipinski definition) is 4. The summed E-state index contributed by atoms with van der Waals surface area (Å²) in [6, 6.07) is 14.5. The molecule has 0 aliphatic carbocycles. The summed E-state index contributed by atoms with van der Waals surface area (Å²) in [7, 11) is 3.57. The SMILES string of the molecule is CCNC(=NCc1ccccc1[N+](=O)[O-])N(C)Cc1ccccc1OC.I. The lowest BCUT2D eigenvalue weighted by Gasteiger charge is -2.23. The van der Waals surface area contributed by atoms with Gasteiger partial charge in [-0.1, -0.05) is 36.4 Å². The minimum absolute atomic E-state index is 0. The van der Waals surface area contributed by atoms with Crippen LogP contribution in [-0.4, -0.2) is 36.5 Å². The van der Waals surface area contributed by atoms with Crippen LogP contribution in [0.1, 0.15) is 18.1 Å². The van der Waals surface area contributed by atoms with Gasteiger partial charge in [-0.05, 0) is 13.0 Å². The van der Waals surface area contributed by atoms with Crippen molar-refractivity contribution in [3.05, 3.63) is 69.8 Å². The minimum atomic E-state index is -0.379. The second-order valence-corrected chi connectivity index (χ2v) is 5.72. The fourth-order valence-electron chi connectivity index (χ4n) is 2.62. The molecule has 2 aromatic carbocycles. The summed E-state index contributed by atoms with van der Waals surface area (Å²) in [5, 5.41) is 14.4. The van der Waals surface area contributed by atoms with E-state index in [1.807, 2.05) is 43.1 Å². The molecule has 2 aromatic rings. The van der Waals surface area contributed by atoms with E-state index < -0.39 is 0 Å². The molecule has 0 bridgehead atoms. The van der Waals surface area contributed by atoms with Crippen LogP contribution in [0.4, 0.5) is 5.69 Å². The third-order valence-electron chi connectivity index (χ3n) is 3.88. The Morgan fingerprint density at radius 1 is 1.19 bits per heavy atom. The van der Waals surface area contributed by atoms with Crippen molar-refractivity contribution in [1.29, 1.82) is 0 Å². The number of rotatable bonds is 7. The molecule has 0 aromatic heterocycles. The van der Waals surface area contributed by atoms with Crippen LogP contribution in [0.3, 0.4) is 0 Å². The molecule has 8 heteroatoms. The van der Waals surface area contributed by atoms with Crippen LogP contribution >= 0.6 is 24.0 Å². The van der Waals surface area contributed by atoms with Crippen molar-refractivity contribution >= 4 is 35.6 Å². The number of nitrogens with zero attached hydrogens (tertiary/aromatic N) is 3. The van der Waals surface area contributed by atoms with E-state index >= 15 is 0 Å². The largest absolute Gasteiger partial charge is 0.496 e. The van der Waals surface area contributed by atoms with Gasteiger partial charge in [0.05, 0.1) is 24.1 Å². The maximum atomic E-state index is 11.2. The van der Waals surface area contributed by atoms with Gasteiger partial charge in [0.1, 0.15) is 5.75 Å². The van der Waals surface area contributed by atoms with Crippen LogP contribution in [0, 0.1) is 10.1 Å². The number of nitro benzene ring substituents is 1. The number of halogens is 1. The molecule has 0 amide bonds. The van der Waals surface area contributed by atoms with E-state index in [0.717, 1.165) is 11.3 Å². The standard InChI is InChI=1S/C19H24N4O3.HI/c1-4-20-19(21-13-15-9-5-7-11-17(15)23(24)25)22(2)14-16-10-6-8-12-18(16)26-3;/h5-12H,4,13-14H2,1-3H3,(H,20,21);1H. The fourth-order valence-corrected chi connectivity index (χ4v) is 2.62. The van der Waals surface area contributed by atoms with Gasteiger partial charge in [-0.2, -0.15) is 0 Å². The van der Waals surface area contributed by atoms with E-state index in [-0.39, 0.29) is 41.1 Å². The highest BCUT2D eigenvalue weighted by atomic mass is 127. The number of nitrogens with one attached hydrogen (secondary N) is 1. The van der Waals surface area contributed by atoms with E-state index in [2.05, 4.69) is 10.3 Å². The molecule has 2 rings (SSSR count). The quantitative estimate of drug-likeness (QED) is 0.213. The summed E-state index contributed by atoms with van der Waals surface area (Å²) in [5.41, 5.74) is 1.70. The number of hydrogen-bond donors (Lipinski definition) is 1. The van der Waals surface area contributed by atoms with Crippen LogP contribution in [-0.2, 0) is 13.1 Å². The molecule has 0 atom stereocenters. The highest BCUT2D eigenvalue weighted by molar-refractivity contribution is 14.0. The van der Waals surface area contributed by atoms with Crippen LogP contribution < -0.4 is 10.1 Å². The Morgan fingerprint density at radius 3 is 2.44 bits per heavy atom. The first kappa shape index (κ1) is 22.7. The van der Waals surface area contributed by atoms with Gasteiger partial charge < -0.3 is 15.0 Å². The van der Waals surface area contributed by atoms with Crippen molar-refractivity contribution in [2.45, 2.75) is 20.0 Å². The summed E-state index contributed by atoms with van der Waals surface area (Å²) in [6.45, 7) is 3.52. The monoisotopic (exact) mass is 484 g/mol. The van der Waals surface area contributed by atoms with Crippen molar-refractivity contribution in [2.24, 2.45) is 4.99 Å². The Kier molecular flexibility index (Phi) is 9.55. The highest BCUT2D eigenvalue weighted by Crippen LogP contribution is 2.20. The first-order valence-corrected chi connectivity index (χ1v) is 8.40. The second kappa shape index (κ2) is 11.4. The van der Waals surface area contributed by atoms with E-state index in [0.29, 0.717) is 24.6 Å². The van der Waals surface area contributed by atoms with Crippen molar-refractivity contribution in [2.75, 3.05) is 20.7 Å². The topological polar surface area (TPSA) is 80.0 Å². The van der Waals surface area contributed by atoms with Gasteiger partial charge in [0.15, 0.2) is 5.96 Å². The van der Waals surface area contributed by atoms with E-state index in [1.54, 1.807) is 25.3 Å². The summed E-state index contributed by atoms with van der Waals surface area (Å²) in [6.07, 6.45) is 0. The number of para-hydroxylation sites is 2. The molecule has 0 saturated heterocycles. The average molecular weight is 484 g/mol. The average Bonchev–Trinajstić information content (AvgIpc) is 2.65. The van der Waals surface area contributed by atoms with E-state index in [1.165, 1.54) is 6.07 Å². The smallest absolute Gasteiger partial charge is 0.274 e. The molecule has 27 heavy (non-hydrogen) atoms. The molecule has 0 fully saturated rings. The summed E-state index contributed by atoms with van der Waals surface area (Å²) in [4.78, 5) is 17.3. The predicted octanol–water partition coefficient (Wildman–Crippen LogP) is 3.82. The lowest BCUT2D eigenvalue weighted by atomic mass is 10.2. The maximum Gasteiger partial charge on any atom is 0.274 e. The molecule has 0 aliphatic heterocycles. The van der Waals surface area contributed by atoms with Gasteiger partial charge in [0, 0.05) is 31.8 Å². The number of guanidine groups is 1. The van der Waals surface area contributed by atoms with Gasteiger partial charge in [0.2, 0.25) is 0 Å². The zero-order chi connectivity index (χ0) is 18.9. The molecular formula is C19H25IN4O3. The molecule has 0 radical (unpaired) electrons. The Bertz CT molecular complexity index is 783. The highest BCUT2D eigenvalue weighted by Gasteiger charge is 2.13. The van der Waals surface area contributed by atoms with Crippen molar-refractivity contribution in [3.63, 3.8) is 0 Å². The maximum absolute atomic E-state index is 11.2. The molecule has 0 spiro atoms. The zero-order valence-corrected chi connectivity index (χ0v) is 18.0. The number of benzene rings is 2. The van der Waals surface area contributed by atoms with Crippen molar-refractivity contribution in [3.8, 4) is 5.75 Å². The normalized spacial score (nSPS) is 10.7. The zero-order valence-electron chi connectivity index (χ0n) is 15.7.